The quantitative estimate of drug-likeness (QED) is 0.305. The monoisotopic (exact) mass is 608 g/mol. The zero-order valence-electron chi connectivity index (χ0n) is 25.5. The van der Waals surface area contributed by atoms with Crippen molar-refractivity contribution in [3.05, 3.63) is 69.9 Å². The minimum absolute atomic E-state index is 0.140. The molecule has 1 saturated heterocycles. The number of amides is 1. The molecule has 1 amide bonds. The Hall–Kier alpha value is -4.92. The van der Waals surface area contributed by atoms with E-state index in [2.05, 4.69) is 21.0 Å². The molecule has 3 aliphatic rings. The Labute approximate surface area is 259 Å². The SMILES string of the molecule is CC(C)(C)OC(=O)N1CCN(c2nc(=O)n(-c3c(C4CC4)ncnc3C3CC3)c3nc(-c4ccccc4F)c(C#N)cc23)CC1. The second-order valence-electron chi connectivity index (χ2n) is 12.9. The highest BCUT2D eigenvalue weighted by Gasteiger charge is 2.37. The maximum atomic E-state index is 15.1. The Morgan fingerprint density at radius 2 is 1.64 bits per heavy atom. The number of anilines is 1. The fourth-order valence-corrected chi connectivity index (χ4v) is 5.89. The summed E-state index contributed by atoms with van der Waals surface area (Å²) in [5.41, 5.74) is 1.72. The summed E-state index contributed by atoms with van der Waals surface area (Å²) in [6, 6.07) is 9.97. The fourth-order valence-electron chi connectivity index (χ4n) is 5.89. The molecular weight excluding hydrogens is 575 g/mol. The van der Waals surface area contributed by atoms with E-state index >= 15 is 4.39 Å². The molecule has 1 aromatic carbocycles. The number of carbonyl (C=O) groups excluding carboxylic acids is 1. The van der Waals surface area contributed by atoms with Gasteiger partial charge in [-0.15, -0.1) is 0 Å². The number of piperazine rings is 1. The zero-order valence-corrected chi connectivity index (χ0v) is 25.5. The highest BCUT2D eigenvalue weighted by molar-refractivity contribution is 5.92. The van der Waals surface area contributed by atoms with E-state index < -0.39 is 23.2 Å². The van der Waals surface area contributed by atoms with E-state index in [9.17, 15) is 14.9 Å². The normalized spacial score (nSPS) is 17.0. The Kier molecular flexibility index (Phi) is 6.99. The van der Waals surface area contributed by atoms with E-state index in [0.717, 1.165) is 37.1 Å². The van der Waals surface area contributed by atoms with Gasteiger partial charge in [-0.2, -0.15) is 10.2 Å². The number of ether oxygens (including phenoxy) is 1. The van der Waals surface area contributed by atoms with Gasteiger partial charge in [0.25, 0.3) is 0 Å². The number of benzene rings is 1. The molecule has 230 valence electrons. The molecule has 12 heteroatoms. The molecule has 0 radical (unpaired) electrons. The molecule has 2 aliphatic carbocycles. The van der Waals surface area contributed by atoms with Crippen molar-refractivity contribution >= 4 is 22.9 Å². The van der Waals surface area contributed by atoms with Gasteiger partial charge < -0.3 is 14.5 Å². The molecule has 45 heavy (non-hydrogen) atoms. The van der Waals surface area contributed by atoms with E-state index in [0.29, 0.717) is 43.1 Å². The molecule has 0 bridgehead atoms. The first-order valence-corrected chi connectivity index (χ1v) is 15.3. The summed E-state index contributed by atoms with van der Waals surface area (Å²) in [5, 5.41) is 10.7. The van der Waals surface area contributed by atoms with Crippen LogP contribution in [0.3, 0.4) is 0 Å². The molecule has 7 rings (SSSR count). The van der Waals surface area contributed by atoms with E-state index in [1.54, 1.807) is 35.5 Å². The number of carbonyl (C=O) groups is 1. The molecule has 0 atom stereocenters. The Morgan fingerprint density at radius 3 is 2.22 bits per heavy atom. The van der Waals surface area contributed by atoms with Crippen LogP contribution in [0.4, 0.5) is 15.0 Å². The van der Waals surface area contributed by atoms with Crippen LogP contribution in [0, 0.1) is 17.1 Å². The molecule has 3 aromatic heterocycles. The third-order valence-corrected chi connectivity index (χ3v) is 8.36. The lowest BCUT2D eigenvalue weighted by Crippen LogP contribution is -2.50. The standard InChI is InChI=1S/C33H33FN8O3/c1-33(2,3)45-32(44)41-14-12-40(13-15-41)29-23-16-21(17-35)25(22-6-4-5-7-24(22)34)38-30(23)42(31(43)39-29)28-26(19-8-9-19)36-18-37-27(28)20-10-11-20/h4-7,16,18-20H,8-15H2,1-3H3. The first-order chi connectivity index (χ1) is 21.6. The predicted octanol–water partition coefficient (Wildman–Crippen LogP) is 5.06. The highest BCUT2D eigenvalue weighted by atomic mass is 19.1. The third-order valence-electron chi connectivity index (χ3n) is 8.36. The molecule has 0 N–H and O–H groups in total. The number of rotatable bonds is 5. The molecule has 4 aromatic rings. The summed E-state index contributed by atoms with van der Waals surface area (Å²) in [5.74, 6) is 0.236. The number of halogens is 1. The molecule has 0 spiro atoms. The molecule has 3 fully saturated rings. The lowest BCUT2D eigenvalue weighted by molar-refractivity contribution is 0.0240. The number of hydrogen-bond donors (Lipinski definition) is 0. The average molecular weight is 609 g/mol. The van der Waals surface area contributed by atoms with Crippen LogP contribution in [0.1, 0.15) is 75.2 Å². The van der Waals surface area contributed by atoms with Crippen molar-refractivity contribution in [1.29, 1.82) is 5.26 Å². The first kappa shape index (κ1) is 28.8. The summed E-state index contributed by atoms with van der Waals surface area (Å²) in [6.07, 6.45) is 5.00. The van der Waals surface area contributed by atoms with E-state index in [1.807, 2.05) is 25.7 Å². The van der Waals surface area contributed by atoms with E-state index in [-0.39, 0.29) is 34.3 Å². The van der Waals surface area contributed by atoms with Gasteiger partial charge in [-0.25, -0.2) is 33.5 Å². The Bertz CT molecular complexity index is 1900. The van der Waals surface area contributed by atoms with Crippen molar-refractivity contribution in [2.45, 2.75) is 63.9 Å². The predicted molar refractivity (Wildman–Crippen MR) is 165 cm³/mol. The Balaban J connectivity index is 1.42. The van der Waals surface area contributed by atoms with Gasteiger partial charge in [0.2, 0.25) is 0 Å². The summed E-state index contributed by atoms with van der Waals surface area (Å²) in [6.45, 7) is 6.95. The number of hydrogen-bond acceptors (Lipinski definition) is 9. The lowest BCUT2D eigenvalue weighted by Gasteiger charge is -2.36. The Morgan fingerprint density at radius 1 is 1.00 bits per heavy atom. The van der Waals surface area contributed by atoms with Crippen LogP contribution in [-0.2, 0) is 4.74 Å². The van der Waals surface area contributed by atoms with Crippen LogP contribution in [0.25, 0.3) is 28.0 Å². The molecule has 2 saturated carbocycles. The number of nitriles is 1. The zero-order chi connectivity index (χ0) is 31.5. The van der Waals surface area contributed by atoms with Crippen LogP contribution in [0.5, 0.6) is 0 Å². The van der Waals surface area contributed by atoms with Crippen molar-refractivity contribution in [2.75, 3.05) is 31.1 Å². The minimum Gasteiger partial charge on any atom is -0.444 e. The first-order valence-electron chi connectivity index (χ1n) is 15.3. The lowest BCUT2D eigenvalue weighted by atomic mass is 10.0. The molecule has 4 heterocycles. The van der Waals surface area contributed by atoms with Gasteiger partial charge in [-0.3, -0.25) is 0 Å². The smallest absolute Gasteiger partial charge is 0.410 e. The van der Waals surface area contributed by atoms with Gasteiger partial charge in [0.05, 0.1) is 33.7 Å². The largest absolute Gasteiger partial charge is 0.444 e. The molecular formula is C33H33FN8O3. The summed E-state index contributed by atoms with van der Waals surface area (Å²) < 4.78 is 22.1. The minimum atomic E-state index is -0.619. The summed E-state index contributed by atoms with van der Waals surface area (Å²) in [4.78, 5) is 49.2. The summed E-state index contributed by atoms with van der Waals surface area (Å²) >= 11 is 0. The topological polar surface area (TPSA) is 130 Å². The van der Waals surface area contributed by atoms with Gasteiger partial charge in [0.1, 0.15) is 29.6 Å². The summed E-state index contributed by atoms with van der Waals surface area (Å²) in [7, 11) is 0. The maximum absolute atomic E-state index is 15.1. The van der Waals surface area contributed by atoms with Crippen LogP contribution in [-0.4, -0.2) is 67.3 Å². The second-order valence-corrected chi connectivity index (χ2v) is 12.9. The van der Waals surface area contributed by atoms with Crippen LogP contribution in [0.15, 0.2) is 41.5 Å². The number of aromatic nitrogens is 5. The second kappa shape index (κ2) is 10.9. The van der Waals surface area contributed by atoms with Crippen molar-refractivity contribution in [2.24, 2.45) is 0 Å². The molecule has 1 aliphatic heterocycles. The van der Waals surface area contributed by atoms with Gasteiger partial charge in [0, 0.05) is 43.6 Å². The number of pyridine rings is 1. The van der Waals surface area contributed by atoms with Crippen LogP contribution >= 0.6 is 0 Å². The molecule has 11 nitrogen and oxygen atoms in total. The van der Waals surface area contributed by atoms with Crippen molar-refractivity contribution in [3.8, 4) is 23.0 Å². The highest BCUT2D eigenvalue weighted by Crippen LogP contribution is 2.47. The number of nitrogens with zero attached hydrogens (tertiary/aromatic N) is 8. The van der Waals surface area contributed by atoms with Gasteiger partial charge in [-0.05, 0) is 64.7 Å². The fraction of sp³-hybridized carbons (Fsp3) is 0.424. The van der Waals surface area contributed by atoms with Gasteiger partial charge in [-0.1, -0.05) is 12.1 Å². The third kappa shape index (κ3) is 5.47. The van der Waals surface area contributed by atoms with Crippen molar-refractivity contribution < 1.29 is 13.9 Å². The maximum Gasteiger partial charge on any atom is 0.410 e. The van der Waals surface area contributed by atoms with E-state index in [4.69, 9.17) is 9.72 Å². The molecule has 0 unspecified atom stereocenters. The van der Waals surface area contributed by atoms with Crippen molar-refractivity contribution in [1.82, 2.24) is 29.4 Å². The van der Waals surface area contributed by atoms with Crippen LogP contribution in [0.2, 0.25) is 0 Å². The van der Waals surface area contributed by atoms with E-state index in [1.165, 1.54) is 10.6 Å². The number of fused-ring (bicyclic) bond motifs is 1. The van der Waals surface area contributed by atoms with Gasteiger partial charge >= 0.3 is 11.8 Å². The average Bonchev–Trinajstić information content (AvgIpc) is 3.94. The van der Waals surface area contributed by atoms with Gasteiger partial charge in [0.15, 0.2) is 5.65 Å². The van der Waals surface area contributed by atoms with Crippen molar-refractivity contribution in [3.63, 3.8) is 0 Å². The van der Waals surface area contributed by atoms with Crippen LogP contribution < -0.4 is 10.6 Å².